The molecule has 3 aromatic rings. The molecule has 0 heterocycles. The molecule has 0 unspecified atom stereocenters. The second kappa shape index (κ2) is 10.1. The Balaban J connectivity index is 1.72. The van der Waals surface area contributed by atoms with Crippen molar-refractivity contribution >= 4 is 39.7 Å². The molecular weight excluding hydrogens is 456 g/mol. The van der Waals surface area contributed by atoms with Crippen LogP contribution in [0.25, 0.3) is 0 Å². The largest absolute Gasteiger partial charge is 0.493 e. The Morgan fingerprint density at radius 2 is 1.83 bits per heavy atom. The monoisotopic (exact) mass is 472 g/mol. The summed E-state index contributed by atoms with van der Waals surface area (Å²) in [7, 11) is 1.57. The van der Waals surface area contributed by atoms with Gasteiger partial charge in [-0.15, -0.1) is 0 Å². The molecule has 0 spiro atoms. The minimum atomic E-state index is -0.335. The highest BCUT2D eigenvalue weighted by atomic mass is 79.9. The molecule has 0 atom stereocenters. The highest BCUT2D eigenvalue weighted by Crippen LogP contribution is 2.31. The van der Waals surface area contributed by atoms with Gasteiger partial charge in [0.2, 0.25) is 0 Å². The first kappa shape index (κ1) is 20.9. The Hall–Kier alpha value is -2.83. The molecule has 5 nitrogen and oxygen atoms in total. The van der Waals surface area contributed by atoms with E-state index < -0.39 is 0 Å². The molecule has 0 fully saturated rings. The van der Waals surface area contributed by atoms with E-state index in [1.807, 2.05) is 36.4 Å². The predicted molar refractivity (Wildman–Crippen MR) is 118 cm³/mol. The summed E-state index contributed by atoms with van der Waals surface area (Å²) in [6.07, 6.45) is 1.52. The number of para-hydroxylation sites is 1. The molecule has 0 bridgehead atoms. The summed E-state index contributed by atoms with van der Waals surface area (Å²) in [6.45, 7) is 0.367. The van der Waals surface area contributed by atoms with Crippen molar-refractivity contribution in [2.24, 2.45) is 5.10 Å². The van der Waals surface area contributed by atoms with Crippen LogP contribution in [0.4, 0.5) is 0 Å². The van der Waals surface area contributed by atoms with Gasteiger partial charge in [0.25, 0.3) is 5.91 Å². The zero-order valence-electron chi connectivity index (χ0n) is 15.6. The Kier molecular flexibility index (Phi) is 7.27. The van der Waals surface area contributed by atoms with Gasteiger partial charge in [-0.1, -0.05) is 45.7 Å². The third kappa shape index (κ3) is 5.82. The van der Waals surface area contributed by atoms with E-state index in [0.717, 1.165) is 10.0 Å². The van der Waals surface area contributed by atoms with Gasteiger partial charge >= 0.3 is 0 Å². The van der Waals surface area contributed by atoms with Crippen LogP contribution in [-0.2, 0) is 6.61 Å². The van der Waals surface area contributed by atoms with Crippen molar-refractivity contribution in [1.29, 1.82) is 0 Å². The van der Waals surface area contributed by atoms with Crippen molar-refractivity contribution in [2.45, 2.75) is 6.61 Å². The van der Waals surface area contributed by atoms with Crippen LogP contribution in [0.2, 0.25) is 5.02 Å². The normalized spacial score (nSPS) is 10.7. The number of nitrogens with one attached hydrogen (secondary N) is 1. The average molecular weight is 474 g/mol. The van der Waals surface area contributed by atoms with Gasteiger partial charge in [0, 0.05) is 20.6 Å². The number of halogens is 2. The number of hydrogen-bond acceptors (Lipinski definition) is 4. The summed E-state index contributed by atoms with van der Waals surface area (Å²) in [5.41, 5.74) is 4.65. The number of methoxy groups -OCH3 is 1. The summed E-state index contributed by atoms with van der Waals surface area (Å²) in [4.78, 5) is 12.2. The molecule has 0 saturated carbocycles. The van der Waals surface area contributed by atoms with Gasteiger partial charge in [-0.05, 0) is 54.1 Å². The third-order valence-electron chi connectivity index (χ3n) is 4.00. The lowest BCUT2D eigenvalue weighted by molar-refractivity contribution is 0.0955. The highest BCUT2D eigenvalue weighted by molar-refractivity contribution is 9.10. The van der Waals surface area contributed by atoms with Crippen LogP contribution in [0.3, 0.4) is 0 Å². The SMILES string of the molecule is COc1cccc(/C=N\NC(=O)c2ccc(Cl)cc2)c1OCc1ccc(Br)cc1. The predicted octanol–water partition coefficient (Wildman–Crippen LogP) is 5.45. The van der Waals surface area contributed by atoms with Crippen LogP contribution in [0.15, 0.2) is 76.3 Å². The molecule has 1 amide bonds. The number of nitrogens with zero attached hydrogens (tertiary/aromatic N) is 1. The first-order valence-electron chi connectivity index (χ1n) is 8.70. The van der Waals surface area contributed by atoms with E-state index in [4.69, 9.17) is 21.1 Å². The van der Waals surface area contributed by atoms with Gasteiger partial charge in [0.1, 0.15) is 6.61 Å². The molecular formula is C22H18BrClN2O3. The summed E-state index contributed by atoms with van der Waals surface area (Å²) < 4.78 is 12.4. The average Bonchev–Trinajstić information content (AvgIpc) is 2.74. The number of hydrogen-bond donors (Lipinski definition) is 1. The maximum Gasteiger partial charge on any atom is 0.271 e. The van der Waals surface area contributed by atoms with E-state index in [-0.39, 0.29) is 5.91 Å². The lowest BCUT2D eigenvalue weighted by atomic mass is 10.2. The van der Waals surface area contributed by atoms with Crippen LogP contribution in [0.5, 0.6) is 11.5 Å². The van der Waals surface area contributed by atoms with Crippen molar-refractivity contribution in [3.8, 4) is 11.5 Å². The number of hydrazone groups is 1. The van der Waals surface area contributed by atoms with E-state index in [0.29, 0.717) is 34.3 Å². The fourth-order valence-electron chi connectivity index (χ4n) is 2.51. The Bertz CT molecular complexity index is 1010. The molecule has 148 valence electrons. The van der Waals surface area contributed by atoms with E-state index >= 15 is 0 Å². The maximum absolute atomic E-state index is 12.2. The zero-order valence-corrected chi connectivity index (χ0v) is 17.9. The minimum absolute atomic E-state index is 0.335. The zero-order chi connectivity index (χ0) is 20.6. The van der Waals surface area contributed by atoms with Crippen molar-refractivity contribution < 1.29 is 14.3 Å². The van der Waals surface area contributed by atoms with E-state index in [2.05, 4.69) is 26.5 Å². The number of rotatable bonds is 7. The highest BCUT2D eigenvalue weighted by Gasteiger charge is 2.10. The van der Waals surface area contributed by atoms with Crippen LogP contribution in [-0.4, -0.2) is 19.2 Å². The first-order valence-corrected chi connectivity index (χ1v) is 9.87. The molecule has 7 heteroatoms. The molecule has 0 aliphatic rings. The molecule has 0 aliphatic heterocycles. The van der Waals surface area contributed by atoms with Crippen LogP contribution in [0, 0.1) is 0 Å². The van der Waals surface area contributed by atoms with Crippen LogP contribution in [0.1, 0.15) is 21.5 Å². The third-order valence-corrected chi connectivity index (χ3v) is 4.78. The van der Waals surface area contributed by atoms with Crippen LogP contribution >= 0.6 is 27.5 Å². The smallest absolute Gasteiger partial charge is 0.271 e. The van der Waals surface area contributed by atoms with Crippen molar-refractivity contribution in [1.82, 2.24) is 5.43 Å². The lowest BCUT2D eigenvalue weighted by Gasteiger charge is -2.13. The molecule has 3 rings (SSSR count). The van der Waals surface area contributed by atoms with Crippen LogP contribution < -0.4 is 14.9 Å². The topological polar surface area (TPSA) is 59.9 Å². The minimum Gasteiger partial charge on any atom is -0.493 e. The summed E-state index contributed by atoms with van der Waals surface area (Å²) in [5, 5.41) is 4.61. The molecule has 0 radical (unpaired) electrons. The summed E-state index contributed by atoms with van der Waals surface area (Å²) >= 11 is 9.26. The molecule has 1 N–H and O–H groups in total. The molecule has 29 heavy (non-hydrogen) atoms. The van der Waals surface area contributed by atoms with Gasteiger partial charge in [0.05, 0.1) is 13.3 Å². The van der Waals surface area contributed by atoms with Crippen molar-refractivity contribution in [3.63, 3.8) is 0 Å². The van der Waals surface area contributed by atoms with E-state index in [1.54, 1.807) is 37.4 Å². The van der Waals surface area contributed by atoms with Gasteiger partial charge in [-0.25, -0.2) is 5.43 Å². The fraction of sp³-hybridized carbons (Fsp3) is 0.0909. The Morgan fingerprint density at radius 3 is 2.52 bits per heavy atom. The maximum atomic E-state index is 12.2. The van der Waals surface area contributed by atoms with Gasteiger partial charge < -0.3 is 9.47 Å². The van der Waals surface area contributed by atoms with Gasteiger partial charge in [-0.3, -0.25) is 4.79 Å². The molecule has 0 aliphatic carbocycles. The summed E-state index contributed by atoms with van der Waals surface area (Å²) in [6, 6.07) is 19.9. The van der Waals surface area contributed by atoms with Crippen molar-refractivity contribution in [3.05, 3.63) is 92.9 Å². The van der Waals surface area contributed by atoms with E-state index in [9.17, 15) is 4.79 Å². The number of benzene rings is 3. The number of amides is 1. The Morgan fingerprint density at radius 1 is 1.10 bits per heavy atom. The molecule has 0 saturated heterocycles. The lowest BCUT2D eigenvalue weighted by Crippen LogP contribution is -2.17. The number of ether oxygens (including phenoxy) is 2. The summed E-state index contributed by atoms with van der Waals surface area (Å²) in [5.74, 6) is 0.788. The quantitative estimate of drug-likeness (QED) is 0.366. The standard InChI is InChI=1S/C22H18BrClN2O3/c1-28-20-4-2-3-17(21(20)29-14-15-5-9-18(23)10-6-15)13-25-26-22(27)16-7-11-19(24)12-8-16/h2-13H,14H2,1H3,(H,26,27)/b25-13-. The van der Waals surface area contributed by atoms with Gasteiger partial charge in [-0.2, -0.15) is 5.10 Å². The number of carbonyl (C=O) groups excluding carboxylic acids is 1. The first-order chi connectivity index (χ1) is 14.1. The molecule has 0 aromatic heterocycles. The number of carbonyl (C=O) groups is 1. The second-order valence-corrected chi connectivity index (χ2v) is 7.35. The molecule has 3 aromatic carbocycles. The van der Waals surface area contributed by atoms with Crippen molar-refractivity contribution in [2.75, 3.05) is 7.11 Å². The fourth-order valence-corrected chi connectivity index (χ4v) is 2.90. The second-order valence-electron chi connectivity index (χ2n) is 6.00. The van der Waals surface area contributed by atoms with E-state index in [1.165, 1.54) is 6.21 Å². The van der Waals surface area contributed by atoms with Gasteiger partial charge in [0.15, 0.2) is 11.5 Å². The Labute approximate surface area is 182 Å².